The minimum absolute atomic E-state index is 0.372. The van der Waals surface area contributed by atoms with Crippen LogP contribution in [0.15, 0.2) is 24.3 Å². The van der Waals surface area contributed by atoms with Crippen LogP contribution in [-0.2, 0) is 16.0 Å². The molecule has 1 aliphatic carbocycles. The molecule has 0 unspecified atom stereocenters. The van der Waals surface area contributed by atoms with Crippen molar-refractivity contribution in [2.75, 3.05) is 7.11 Å². The van der Waals surface area contributed by atoms with E-state index in [-0.39, 0.29) is 5.97 Å². The van der Waals surface area contributed by atoms with E-state index < -0.39 is 5.97 Å². The van der Waals surface area contributed by atoms with Crippen LogP contribution in [0.25, 0.3) is 5.57 Å². The van der Waals surface area contributed by atoms with Crippen LogP contribution in [0.2, 0.25) is 0 Å². The predicted molar refractivity (Wildman–Crippen MR) is 66.3 cm³/mol. The van der Waals surface area contributed by atoms with Gasteiger partial charge in [0.05, 0.1) is 12.7 Å². The summed E-state index contributed by atoms with van der Waals surface area (Å²) in [5, 5.41) is 8.85. The summed E-state index contributed by atoms with van der Waals surface area (Å²) in [5.74, 6) is -1.33. The molecular weight excluding hydrogens is 232 g/mol. The van der Waals surface area contributed by atoms with Crippen LogP contribution in [-0.4, -0.2) is 24.2 Å². The molecule has 1 aromatic rings. The van der Waals surface area contributed by atoms with Gasteiger partial charge >= 0.3 is 11.9 Å². The number of esters is 1. The third-order valence-electron chi connectivity index (χ3n) is 3.10. The molecule has 0 atom stereocenters. The first-order valence-electron chi connectivity index (χ1n) is 5.77. The van der Waals surface area contributed by atoms with Crippen molar-refractivity contribution in [2.45, 2.75) is 19.3 Å². The lowest BCUT2D eigenvalue weighted by Gasteiger charge is -2.20. The van der Waals surface area contributed by atoms with Gasteiger partial charge in [-0.3, -0.25) is 0 Å². The number of allylic oxidation sites excluding steroid dienone is 1. The molecule has 18 heavy (non-hydrogen) atoms. The molecule has 1 N–H and O–H groups in total. The highest BCUT2D eigenvalue weighted by molar-refractivity contribution is 5.95. The van der Waals surface area contributed by atoms with Crippen LogP contribution in [0.1, 0.15) is 34.3 Å². The molecular formula is C14H14O4. The van der Waals surface area contributed by atoms with Gasteiger partial charge in [-0.25, -0.2) is 9.59 Å². The van der Waals surface area contributed by atoms with Crippen LogP contribution in [0.4, 0.5) is 0 Å². The molecule has 4 heteroatoms. The van der Waals surface area contributed by atoms with Gasteiger partial charge < -0.3 is 9.84 Å². The SMILES string of the molecule is COC(=O)c1cccc2c1CCC/C2=C/C(=O)O. The summed E-state index contributed by atoms with van der Waals surface area (Å²) in [6.45, 7) is 0. The molecule has 94 valence electrons. The van der Waals surface area contributed by atoms with Gasteiger partial charge in [0.25, 0.3) is 0 Å². The minimum atomic E-state index is -0.957. The molecule has 0 spiro atoms. The predicted octanol–water partition coefficient (Wildman–Crippen LogP) is 2.28. The zero-order chi connectivity index (χ0) is 13.1. The number of fused-ring (bicyclic) bond motifs is 1. The largest absolute Gasteiger partial charge is 0.478 e. The molecule has 0 aromatic heterocycles. The van der Waals surface area contributed by atoms with Crippen molar-refractivity contribution < 1.29 is 19.4 Å². The lowest BCUT2D eigenvalue weighted by Crippen LogP contribution is -2.11. The Morgan fingerprint density at radius 2 is 2.11 bits per heavy atom. The van der Waals surface area contributed by atoms with Crippen LogP contribution < -0.4 is 0 Å². The van der Waals surface area contributed by atoms with E-state index in [0.29, 0.717) is 5.56 Å². The number of ether oxygens (including phenoxy) is 1. The normalized spacial score (nSPS) is 16.2. The molecule has 0 aliphatic heterocycles. The summed E-state index contributed by atoms with van der Waals surface area (Å²) in [6, 6.07) is 5.33. The number of methoxy groups -OCH3 is 1. The Labute approximate surface area is 105 Å². The maximum atomic E-state index is 11.7. The van der Waals surface area contributed by atoms with Crippen LogP contribution in [0.5, 0.6) is 0 Å². The van der Waals surface area contributed by atoms with Crippen molar-refractivity contribution in [3.05, 3.63) is 41.0 Å². The van der Waals surface area contributed by atoms with E-state index in [1.807, 2.05) is 6.07 Å². The summed E-state index contributed by atoms with van der Waals surface area (Å²) >= 11 is 0. The number of hydrogen-bond acceptors (Lipinski definition) is 3. The Morgan fingerprint density at radius 1 is 1.33 bits per heavy atom. The zero-order valence-corrected chi connectivity index (χ0v) is 10.1. The Hall–Kier alpha value is -2.10. The van der Waals surface area contributed by atoms with E-state index in [0.717, 1.165) is 36.0 Å². The molecule has 0 bridgehead atoms. The third-order valence-corrected chi connectivity index (χ3v) is 3.10. The van der Waals surface area contributed by atoms with Crippen molar-refractivity contribution in [1.82, 2.24) is 0 Å². The van der Waals surface area contributed by atoms with Gasteiger partial charge in [-0.1, -0.05) is 12.1 Å². The Bertz CT molecular complexity index is 529. The lowest BCUT2D eigenvalue weighted by molar-refractivity contribution is -0.131. The molecule has 0 radical (unpaired) electrons. The van der Waals surface area contributed by atoms with E-state index in [4.69, 9.17) is 9.84 Å². The third kappa shape index (κ3) is 2.27. The van der Waals surface area contributed by atoms with E-state index >= 15 is 0 Å². The first-order chi connectivity index (χ1) is 8.63. The molecule has 1 aromatic carbocycles. The van der Waals surface area contributed by atoms with Crippen molar-refractivity contribution in [2.24, 2.45) is 0 Å². The van der Waals surface area contributed by atoms with Gasteiger partial charge in [-0.2, -0.15) is 0 Å². The molecule has 0 saturated heterocycles. The van der Waals surface area contributed by atoms with Crippen LogP contribution in [0, 0.1) is 0 Å². The summed E-state index contributed by atoms with van der Waals surface area (Å²) in [7, 11) is 1.35. The van der Waals surface area contributed by atoms with E-state index in [1.165, 1.54) is 13.2 Å². The summed E-state index contributed by atoms with van der Waals surface area (Å²) < 4.78 is 4.74. The van der Waals surface area contributed by atoms with E-state index in [2.05, 4.69) is 0 Å². The summed E-state index contributed by atoms with van der Waals surface area (Å²) in [5.41, 5.74) is 3.05. The first-order valence-corrected chi connectivity index (χ1v) is 5.77. The zero-order valence-electron chi connectivity index (χ0n) is 10.1. The summed E-state index contributed by atoms with van der Waals surface area (Å²) in [6.07, 6.45) is 3.57. The van der Waals surface area contributed by atoms with Gasteiger partial charge in [0.15, 0.2) is 0 Å². The molecule has 2 rings (SSSR count). The average Bonchev–Trinajstić information content (AvgIpc) is 2.37. The van der Waals surface area contributed by atoms with Crippen LogP contribution in [0.3, 0.4) is 0 Å². The van der Waals surface area contributed by atoms with Crippen molar-refractivity contribution in [1.29, 1.82) is 0 Å². The maximum absolute atomic E-state index is 11.7. The molecule has 4 nitrogen and oxygen atoms in total. The highest BCUT2D eigenvalue weighted by Crippen LogP contribution is 2.32. The van der Waals surface area contributed by atoms with E-state index in [1.54, 1.807) is 12.1 Å². The van der Waals surface area contributed by atoms with Crippen molar-refractivity contribution >= 4 is 17.5 Å². The monoisotopic (exact) mass is 246 g/mol. The van der Waals surface area contributed by atoms with Gasteiger partial charge in [0.1, 0.15) is 0 Å². The topological polar surface area (TPSA) is 63.6 Å². The average molecular weight is 246 g/mol. The number of carboxylic acid groups (broad SMARTS) is 1. The highest BCUT2D eigenvalue weighted by Gasteiger charge is 2.21. The molecule has 0 heterocycles. The number of carbonyl (C=O) groups excluding carboxylic acids is 1. The quantitative estimate of drug-likeness (QED) is 0.642. The van der Waals surface area contributed by atoms with Gasteiger partial charge in [-0.15, -0.1) is 0 Å². The fourth-order valence-electron chi connectivity index (χ4n) is 2.35. The number of benzene rings is 1. The number of carboxylic acids is 1. The fraction of sp³-hybridized carbons (Fsp3) is 0.286. The number of hydrogen-bond donors (Lipinski definition) is 1. The summed E-state index contributed by atoms with van der Waals surface area (Å²) in [4.78, 5) is 22.4. The fourth-order valence-corrected chi connectivity index (χ4v) is 2.35. The Kier molecular flexibility index (Phi) is 3.46. The van der Waals surface area contributed by atoms with Gasteiger partial charge in [-0.05, 0) is 42.0 Å². The molecule has 0 fully saturated rings. The Balaban J connectivity index is 2.54. The molecule has 1 aliphatic rings. The second-order valence-corrected chi connectivity index (χ2v) is 4.18. The van der Waals surface area contributed by atoms with Gasteiger partial charge in [0, 0.05) is 6.08 Å². The second kappa shape index (κ2) is 5.04. The number of carbonyl (C=O) groups is 2. The Morgan fingerprint density at radius 3 is 2.78 bits per heavy atom. The standard InChI is InChI=1S/C14H14O4/c1-18-14(17)12-7-3-5-10-9(8-13(15)16)4-2-6-11(10)12/h3,5,7-8H,2,4,6H2,1H3,(H,15,16)/b9-8-. The lowest BCUT2D eigenvalue weighted by atomic mass is 9.84. The second-order valence-electron chi connectivity index (χ2n) is 4.18. The van der Waals surface area contributed by atoms with Crippen molar-refractivity contribution in [3.63, 3.8) is 0 Å². The number of aliphatic carboxylic acids is 1. The molecule has 0 saturated carbocycles. The van der Waals surface area contributed by atoms with Gasteiger partial charge in [0.2, 0.25) is 0 Å². The van der Waals surface area contributed by atoms with Crippen LogP contribution >= 0.6 is 0 Å². The van der Waals surface area contributed by atoms with Crippen molar-refractivity contribution in [3.8, 4) is 0 Å². The minimum Gasteiger partial charge on any atom is -0.478 e. The first kappa shape index (κ1) is 12.4. The maximum Gasteiger partial charge on any atom is 0.338 e. The van der Waals surface area contributed by atoms with E-state index in [9.17, 15) is 9.59 Å². The number of rotatable bonds is 2. The molecule has 0 amide bonds. The highest BCUT2D eigenvalue weighted by atomic mass is 16.5. The smallest absolute Gasteiger partial charge is 0.338 e.